The van der Waals surface area contributed by atoms with Crippen LogP contribution in [0.5, 0.6) is 0 Å². The van der Waals surface area contributed by atoms with Gasteiger partial charge in [-0.2, -0.15) is 0 Å². The van der Waals surface area contributed by atoms with Crippen LogP contribution in [0.3, 0.4) is 0 Å². The van der Waals surface area contributed by atoms with Gasteiger partial charge in [0.2, 0.25) is 0 Å². The van der Waals surface area contributed by atoms with Crippen LogP contribution in [0, 0.1) is 0 Å². The number of nitrogens with one attached hydrogen (secondary N) is 2. The van der Waals surface area contributed by atoms with Gasteiger partial charge in [0.15, 0.2) is 0 Å². The summed E-state index contributed by atoms with van der Waals surface area (Å²) >= 11 is 0. The average Bonchev–Trinajstić information content (AvgIpc) is 2.49. The van der Waals surface area contributed by atoms with E-state index in [9.17, 15) is 5.11 Å². The molecule has 1 atom stereocenters. The van der Waals surface area contributed by atoms with Gasteiger partial charge in [-0.1, -0.05) is 36.4 Å². The number of aliphatic hydroxyl groups is 1. The zero-order valence-corrected chi connectivity index (χ0v) is 11.9. The van der Waals surface area contributed by atoms with E-state index < -0.39 is 5.54 Å². The van der Waals surface area contributed by atoms with Gasteiger partial charge in [-0.05, 0) is 31.5 Å². The highest BCUT2D eigenvalue weighted by Gasteiger charge is 2.25. The molecular weight excluding hydrogens is 250 g/mol. The third-order valence-electron chi connectivity index (χ3n) is 3.24. The van der Waals surface area contributed by atoms with Crippen LogP contribution in [0.1, 0.15) is 19.4 Å². The third-order valence-corrected chi connectivity index (χ3v) is 3.24. The van der Waals surface area contributed by atoms with E-state index in [-0.39, 0.29) is 6.61 Å². The predicted molar refractivity (Wildman–Crippen MR) is 82.9 cm³/mol. The van der Waals surface area contributed by atoms with Gasteiger partial charge in [-0.25, -0.2) is 4.98 Å². The van der Waals surface area contributed by atoms with Gasteiger partial charge in [-0.3, -0.25) is 0 Å². The second-order valence-corrected chi connectivity index (χ2v) is 4.92. The van der Waals surface area contributed by atoms with Crippen LogP contribution >= 0.6 is 0 Å². The van der Waals surface area contributed by atoms with Gasteiger partial charge >= 0.3 is 0 Å². The fourth-order valence-electron chi connectivity index (χ4n) is 2.08. The number of anilines is 2. The molecule has 1 unspecified atom stereocenters. The summed E-state index contributed by atoms with van der Waals surface area (Å²) in [6.45, 7) is 4.81. The lowest BCUT2D eigenvalue weighted by atomic mass is 9.93. The molecule has 0 bridgehead atoms. The van der Waals surface area contributed by atoms with Gasteiger partial charge in [0, 0.05) is 6.54 Å². The Hall–Kier alpha value is -2.07. The molecule has 0 radical (unpaired) electrons. The van der Waals surface area contributed by atoms with Crippen molar-refractivity contribution in [2.45, 2.75) is 19.4 Å². The molecule has 106 valence electrons. The lowest BCUT2D eigenvalue weighted by Gasteiger charge is -2.30. The lowest BCUT2D eigenvalue weighted by molar-refractivity contribution is 0.223. The molecule has 4 heteroatoms. The Labute approximate surface area is 119 Å². The maximum absolute atomic E-state index is 9.77. The fourth-order valence-corrected chi connectivity index (χ4v) is 2.08. The van der Waals surface area contributed by atoms with Crippen LogP contribution in [0.2, 0.25) is 0 Å². The van der Waals surface area contributed by atoms with Crippen LogP contribution in [-0.4, -0.2) is 23.2 Å². The highest BCUT2D eigenvalue weighted by atomic mass is 16.3. The number of nitrogens with zero attached hydrogens (tertiary/aromatic N) is 1. The molecule has 1 heterocycles. The number of pyridine rings is 1. The molecule has 0 saturated heterocycles. The Morgan fingerprint density at radius 3 is 2.40 bits per heavy atom. The van der Waals surface area contributed by atoms with Crippen molar-refractivity contribution >= 4 is 11.6 Å². The summed E-state index contributed by atoms with van der Waals surface area (Å²) in [6.07, 6.45) is 0. The van der Waals surface area contributed by atoms with E-state index in [1.807, 2.05) is 62.4 Å². The zero-order valence-electron chi connectivity index (χ0n) is 11.9. The van der Waals surface area contributed by atoms with Crippen LogP contribution in [-0.2, 0) is 5.54 Å². The summed E-state index contributed by atoms with van der Waals surface area (Å²) in [6, 6.07) is 15.7. The SMILES string of the molecule is CCNc1cccc(NC(C)(CO)c2ccccc2)n1. The van der Waals surface area contributed by atoms with Crippen LogP contribution in [0.25, 0.3) is 0 Å². The minimum Gasteiger partial charge on any atom is -0.394 e. The van der Waals surface area contributed by atoms with E-state index >= 15 is 0 Å². The Bertz CT molecular complexity index is 544. The largest absolute Gasteiger partial charge is 0.394 e. The molecule has 2 aromatic rings. The number of rotatable bonds is 6. The number of benzene rings is 1. The molecule has 4 nitrogen and oxygen atoms in total. The third kappa shape index (κ3) is 3.27. The van der Waals surface area contributed by atoms with E-state index in [0.717, 1.165) is 23.7 Å². The summed E-state index contributed by atoms with van der Waals surface area (Å²) in [5.74, 6) is 1.56. The highest BCUT2D eigenvalue weighted by molar-refractivity contribution is 5.48. The number of aromatic nitrogens is 1. The Morgan fingerprint density at radius 2 is 1.75 bits per heavy atom. The quantitative estimate of drug-likeness (QED) is 0.756. The van der Waals surface area contributed by atoms with E-state index in [4.69, 9.17) is 0 Å². The Balaban J connectivity index is 2.24. The van der Waals surface area contributed by atoms with Gasteiger partial charge in [0.05, 0.1) is 12.1 Å². The number of hydrogen-bond acceptors (Lipinski definition) is 4. The van der Waals surface area contributed by atoms with E-state index in [1.54, 1.807) is 0 Å². The topological polar surface area (TPSA) is 57.2 Å². The minimum atomic E-state index is -0.556. The summed E-state index contributed by atoms with van der Waals surface area (Å²) in [5.41, 5.74) is 0.470. The monoisotopic (exact) mass is 271 g/mol. The van der Waals surface area contributed by atoms with E-state index in [2.05, 4.69) is 15.6 Å². The fraction of sp³-hybridized carbons (Fsp3) is 0.312. The van der Waals surface area contributed by atoms with Gasteiger partial charge < -0.3 is 15.7 Å². The van der Waals surface area contributed by atoms with Crippen LogP contribution in [0.4, 0.5) is 11.6 Å². The molecule has 0 amide bonds. The van der Waals surface area contributed by atoms with Crippen LogP contribution in [0.15, 0.2) is 48.5 Å². The standard InChI is InChI=1S/C16H21N3O/c1-3-17-14-10-7-11-15(18-14)19-16(2,12-20)13-8-5-4-6-9-13/h4-11,20H,3,12H2,1-2H3,(H2,17,18,19). The first kappa shape index (κ1) is 14.3. The van der Waals surface area contributed by atoms with Crippen molar-refractivity contribution in [3.63, 3.8) is 0 Å². The molecule has 1 aromatic heterocycles. The molecule has 0 aliphatic carbocycles. The molecule has 1 aromatic carbocycles. The van der Waals surface area contributed by atoms with Crippen LogP contribution < -0.4 is 10.6 Å². The van der Waals surface area contributed by atoms with Crippen molar-refractivity contribution in [1.29, 1.82) is 0 Å². The Morgan fingerprint density at radius 1 is 1.05 bits per heavy atom. The van der Waals surface area contributed by atoms with E-state index in [1.165, 1.54) is 0 Å². The molecule has 3 N–H and O–H groups in total. The van der Waals surface area contributed by atoms with Crippen molar-refractivity contribution in [3.8, 4) is 0 Å². The maximum Gasteiger partial charge on any atom is 0.129 e. The molecule has 0 spiro atoms. The summed E-state index contributed by atoms with van der Waals surface area (Å²) in [4.78, 5) is 4.49. The number of aliphatic hydroxyl groups excluding tert-OH is 1. The first-order valence-electron chi connectivity index (χ1n) is 6.83. The highest BCUT2D eigenvalue weighted by Crippen LogP contribution is 2.25. The molecule has 0 saturated carbocycles. The lowest BCUT2D eigenvalue weighted by Crippen LogP contribution is -2.36. The summed E-state index contributed by atoms with van der Waals surface area (Å²) in [5, 5.41) is 16.3. The van der Waals surface area contributed by atoms with Crippen molar-refractivity contribution in [1.82, 2.24) is 4.98 Å². The van der Waals surface area contributed by atoms with Crippen molar-refractivity contribution in [2.75, 3.05) is 23.8 Å². The van der Waals surface area contributed by atoms with Gasteiger partial charge in [-0.15, -0.1) is 0 Å². The maximum atomic E-state index is 9.77. The smallest absolute Gasteiger partial charge is 0.129 e. The minimum absolute atomic E-state index is 0.00979. The van der Waals surface area contributed by atoms with Crippen molar-refractivity contribution < 1.29 is 5.11 Å². The molecule has 0 fully saturated rings. The Kier molecular flexibility index (Phi) is 4.58. The normalized spacial score (nSPS) is 13.6. The van der Waals surface area contributed by atoms with Gasteiger partial charge in [0.25, 0.3) is 0 Å². The zero-order chi connectivity index (χ0) is 14.4. The predicted octanol–water partition coefficient (Wildman–Crippen LogP) is 2.83. The van der Waals surface area contributed by atoms with Crippen molar-refractivity contribution in [3.05, 3.63) is 54.1 Å². The molecular formula is C16H21N3O. The molecule has 20 heavy (non-hydrogen) atoms. The first-order chi connectivity index (χ1) is 9.68. The molecule has 0 aliphatic rings. The number of hydrogen-bond donors (Lipinski definition) is 3. The first-order valence-corrected chi connectivity index (χ1v) is 6.83. The molecule has 0 aliphatic heterocycles. The average molecular weight is 271 g/mol. The van der Waals surface area contributed by atoms with Crippen molar-refractivity contribution in [2.24, 2.45) is 0 Å². The summed E-state index contributed by atoms with van der Waals surface area (Å²) < 4.78 is 0. The molecule has 2 rings (SSSR count). The summed E-state index contributed by atoms with van der Waals surface area (Å²) in [7, 11) is 0. The van der Waals surface area contributed by atoms with E-state index in [0.29, 0.717) is 0 Å². The second-order valence-electron chi connectivity index (χ2n) is 4.92. The second kappa shape index (κ2) is 6.39. The van der Waals surface area contributed by atoms with Gasteiger partial charge in [0.1, 0.15) is 11.6 Å².